The number of nitrogens with two attached hydrogens (primary N) is 1. The summed E-state index contributed by atoms with van der Waals surface area (Å²) in [4.78, 5) is 33.1. The van der Waals surface area contributed by atoms with Crippen LogP contribution in [0, 0.1) is 0 Å². The summed E-state index contributed by atoms with van der Waals surface area (Å²) in [5.74, 6) is -1.16. The maximum Gasteiger partial charge on any atom is 0.249 e. The fraction of sp³-hybridized carbons (Fsp3) is 0.625. The summed E-state index contributed by atoms with van der Waals surface area (Å²) in [7, 11) is 0. The topological polar surface area (TPSA) is 101 Å². The third kappa shape index (κ3) is 2.53. The zero-order chi connectivity index (χ0) is 10.7. The second kappa shape index (κ2) is 4.19. The Morgan fingerprint density at radius 2 is 2.29 bits per heavy atom. The lowest BCUT2D eigenvalue weighted by molar-refractivity contribution is -0.137. The van der Waals surface area contributed by atoms with E-state index >= 15 is 0 Å². The Morgan fingerprint density at radius 1 is 1.64 bits per heavy atom. The van der Waals surface area contributed by atoms with Crippen LogP contribution in [0.15, 0.2) is 0 Å². The molecular formula is C8H13N3O3. The highest BCUT2D eigenvalue weighted by Crippen LogP contribution is 2.03. The van der Waals surface area contributed by atoms with Crippen molar-refractivity contribution in [3.05, 3.63) is 0 Å². The van der Waals surface area contributed by atoms with Crippen LogP contribution in [0.5, 0.6) is 0 Å². The number of imide groups is 1. The molecule has 0 bridgehead atoms. The lowest BCUT2D eigenvalue weighted by Crippen LogP contribution is -2.54. The van der Waals surface area contributed by atoms with Gasteiger partial charge in [0, 0.05) is 6.42 Å². The van der Waals surface area contributed by atoms with Gasteiger partial charge in [-0.2, -0.15) is 0 Å². The van der Waals surface area contributed by atoms with Crippen molar-refractivity contribution in [2.75, 3.05) is 0 Å². The molecule has 0 aromatic carbocycles. The van der Waals surface area contributed by atoms with Crippen molar-refractivity contribution in [1.82, 2.24) is 10.6 Å². The molecule has 0 spiro atoms. The molecule has 0 unspecified atom stereocenters. The number of hydrogen-bond acceptors (Lipinski definition) is 4. The van der Waals surface area contributed by atoms with Gasteiger partial charge in [0.25, 0.3) is 0 Å². The Bertz CT molecular complexity index is 275. The average molecular weight is 199 g/mol. The number of rotatable bonds is 2. The van der Waals surface area contributed by atoms with Gasteiger partial charge in [-0.25, -0.2) is 0 Å². The molecule has 14 heavy (non-hydrogen) atoms. The standard InChI is InChI=1S/C8H13N3O3/c1-4(9)7(13)10-5-2-3-6(12)11-8(5)14/h4-5H,2-3,9H2,1H3,(H,10,13)(H,11,12,14)/t4-,5+/m1/s1. The molecule has 78 valence electrons. The second-order valence-electron chi connectivity index (χ2n) is 3.30. The highest BCUT2D eigenvalue weighted by atomic mass is 16.2. The molecule has 0 saturated carbocycles. The van der Waals surface area contributed by atoms with Gasteiger partial charge >= 0.3 is 0 Å². The van der Waals surface area contributed by atoms with Gasteiger partial charge in [-0.15, -0.1) is 0 Å². The first-order valence-electron chi connectivity index (χ1n) is 4.40. The van der Waals surface area contributed by atoms with E-state index in [0.717, 1.165) is 0 Å². The predicted octanol–water partition coefficient (Wildman–Crippen LogP) is -1.74. The van der Waals surface area contributed by atoms with Crippen LogP contribution in [0.1, 0.15) is 19.8 Å². The average Bonchev–Trinajstić information content (AvgIpc) is 2.09. The molecule has 1 rings (SSSR count). The number of carbonyl (C=O) groups is 3. The Labute approximate surface area is 81.2 Å². The number of carbonyl (C=O) groups excluding carboxylic acids is 3. The van der Waals surface area contributed by atoms with E-state index < -0.39 is 18.0 Å². The summed E-state index contributed by atoms with van der Waals surface area (Å²) in [5, 5.41) is 4.60. The third-order valence-corrected chi connectivity index (χ3v) is 1.97. The quantitative estimate of drug-likeness (QED) is 0.459. The molecule has 3 amide bonds. The van der Waals surface area contributed by atoms with Gasteiger partial charge in [-0.05, 0) is 13.3 Å². The van der Waals surface area contributed by atoms with Gasteiger partial charge in [0.1, 0.15) is 6.04 Å². The summed E-state index contributed by atoms with van der Waals surface area (Å²) in [5.41, 5.74) is 5.32. The van der Waals surface area contributed by atoms with Gasteiger partial charge in [-0.3, -0.25) is 19.7 Å². The van der Waals surface area contributed by atoms with Crippen molar-refractivity contribution in [3.8, 4) is 0 Å². The number of amides is 3. The molecule has 1 aliphatic heterocycles. The first-order valence-corrected chi connectivity index (χ1v) is 4.40. The molecular weight excluding hydrogens is 186 g/mol. The van der Waals surface area contributed by atoms with Gasteiger partial charge in [-0.1, -0.05) is 0 Å². The van der Waals surface area contributed by atoms with E-state index in [1.807, 2.05) is 0 Å². The van der Waals surface area contributed by atoms with E-state index in [1.165, 1.54) is 6.92 Å². The minimum Gasteiger partial charge on any atom is -0.343 e. The molecule has 6 nitrogen and oxygen atoms in total. The van der Waals surface area contributed by atoms with E-state index in [4.69, 9.17) is 5.73 Å². The van der Waals surface area contributed by atoms with Crippen LogP contribution in [0.4, 0.5) is 0 Å². The van der Waals surface area contributed by atoms with Crippen molar-refractivity contribution in [3.63, 3.8) is 0 Å². The smallest absolute Gasteiger partial charge is 0.249 e. The monoisotopic (exact) mass is 199 g/mol. The minimum absolute atomic E-state index is 0.246. The van der Waals surface area contributed by atoms with Crippen molar-refractivity contribution >= 4 is 17.7 Å². The van der Waals surface area contributed by atoms with Crippen LogP contribution in [-0.4, -0.2) is 29.8 Å². The summed E-state index contributed by atoms with van der Waals surface area (Å²) >= 11 is 0. The van der Waals surface area contributed by atoms with Gasteiger partial charge in [0.2, 0.25) is 17.7 Å². The Balaban J connectivity index is 2.49. The SMILES string of the molecule is C[C@@H](N)C(=O)N[C@H]1CCC(=O)NC1=O. The zero-order valence-electron chi connectivity index (χ0n) is 7.87. The van der Waals surface area contributed by atoms with Crippen LogP contribution in [0.3, 0.4) is 0 Å². The Hall–Kier alpha value is -1.43. The van der Waals surface area contributed by atoms with E-state index in [2.05, 4.69) is 10.6 Å². The van der Waals surface area contributed by atoms with Crippen LogP contribution < -0.4 is 16.4 Å². The van der Waals surface area contributed by atoms with E-state index in [1.54, 1.807) is 0 Å². The molecule has 0 radical (unpaired) electrons. The van der Waals surface area contributed by atoms with Crippen LogP contribution in [0.25, 0.3) is 0 Å². The van der Waals surface area contributed by atoms with Crippen molar-refractivity contribution in [1.29, 1.82) is 0 Å². The van der Waals surface area contributed by atoms with Gasteiger partial charge < -0.3 is 11.1 Å². The summed E-state index contributed by atoms with van der Waals surface area (Å²) < 4.78 is 0. The highest BCUT2D eigenvalue weighted by molar-refractivity contribution is 6.01. The summed E-state index contributed by atoms with van der Waals surface area (Å²) in [6, 6.07) is -1.29. The van der Waals surface area contributed by atoms with E-state index in [9.17, 15) is 14.4 Å². The molecule has 1 saturated heterocycles. The molecule has 1 heterocycles. The van der Waals surface area contributed by atoms with Crippen molar-refractivity contribution in [2.24, 2.45) is 5.73 Å². The Morgan fingerprint density at radius 3 is 2.79 bits per heavy atom. The van der Waals surface area contributed by atoms with Crippen molar-refractivity contribution in [2.45, 2.75) is 31.8 Å². The lowest BCUT2D eigenvalue weighted by Gasteiger charge is -2.22. The maximum absolute atomic E-state index is 11.2. The minimum atomic E-state index is -0.652. The normalized spacial score (nSPS) is 24.0. The lowest BCUT2D eigenvalue weighted by atomic mass is 10.1. The predicted molar refractivity (Wildman–Crippen MR) is 48.0 cm³/mol. The fourth-order valence-electron chi connectivity index (χ4n) is 1.13. The number of hydrogen-bond donors (Lipinski definition) is 3. The van der Waals surface area contributed by atoms with Crippen molar-refractivity contribution < 1.29 is 14.4 Å². The zero-order valence-corrected chi connectivity index (χ0v) is 7.87. The summed E-state index contributed by atoms with van der Waals surface area (Å²) in [6.07, 6.45) is 0.582. The molecule has 0 aromatic heterocycles. The Kier molecular flexibility index (Phi) is 3.19. The second-order valence-corrected chi connectivity index (χ2v) is 3.30. The maximum atomic E-state index is 11.2. The fourth-order valence-corrected chi connectivity index (χ4v) is 1.13. The van der Waals surface area contributed by atoms with Gasteiger partial charge in [0.05, 0.1) is 6.04 Å². The first-order chi connectivity index (χ1) is 6.50. The molecule has 4 N–H and O–H groups in total. The molecule has 0 aliphatic carbocycles. The van der Waals surface area contributed by atoms with E-state index in [0.29, 0.717) is 6.42 Å². The third-order valence-electron chi connectivity index (χ3n) is 1.97. The van der Waals surface area contributed by atoms with E-state index in [-0.39, 0.29) is 18.2 Å². The molecule has 1 aliphatic rings. The largest absolute Gasteiger partial charge is 0.343 e. The molecule has 1 fully saturated rings. The molecule has 2 atom stereocenters. The van der Waals surface area contributed by atoms with Crippen LogP contribution in [0.2, 0.25) is 0 Å². The molecule has 0 aromatic rings. The highest BCUT2D eigenvalue weighted by Gasteiger charge is 2.28. The first kappa shape index (κ1) is 10.6. The molecule has 6 heteroatoms. The van der Waals surface area contributed by atoms with Crippen LogP contribution in [-0.2, 0) is 14.4 Å². The van der Waals surface area contributed by atoms with Gasteiger partial charge in [0.15, 0.2) is 0 Å². The van der Waals surface area contributed by atoms with Crippen LogP contribution >= 0.6 is 0 Å². The number of nitrogens with one attached hydrogen (secondary N) is 2. The summed E-state index contributed by atoms with van der Waals surface area (Å²) in [6.45, 7) is 1.53. The number of piperidine rings is 1.